The normalized spacial score (nSPS) is 9.78. The highest BCUT2D eigenvalue weighted by atomic mass is 16.5. The van der Waals surface area contributed by atoms with Crippen LogP contribution in [0, 0.1) is 0 Å². The third-order valence-electron chi connectivity index (χ3n) is 2.11. The lowest BCUT2D eigenvalue weighted by Crippen LogP contribution is -2.21. The van der Waals surface area contributed by atoms with Crippen LogP contribution in [0.2, 0.25) is 0 Å². The lowest BCUT2D eigenvalue weighted by atomic mass is 10.3. The molecule has 18 heavy (non-hydrogen) atoms. The minimum Gasteiger partial charge on any atom is -0.482 e. The molecule has 0 spiro atoms. The zero-order valence-electron chi connectivity index (χ0n) is 9.54. The van der Waals surface area contributed by atoms with Gasteiger partial charge in [0.15, 0.2) is 12.4 Å². The van der Waals surface area contributed by atoms with Gasteiger partial charge in [-0.3, -0.25) is 9.78 Å². The summed E-state index contributed by atoms with van der Waals surface area (Å²) in [6, 6.07) is 6.98. The third-order valence-corrected chi connectivity index (χ3v) is 2.11. The number of rotatable bonds is 4. The van der Waals surface area contributed by atoms with E-state index in [-0.39, 0.29) is 12.5 Å². The number of nitrogens with two attached hydrogens (primary N) is 1. The Morgan fingerprint density at radius 1 is 1.33 bits per heavy atom. The standard InChI is InChI=1S/C12H12N4O2/c13-9-3-1-2-4-10(9)18-8-12(17)16-11-7-14-5-6-15-11/h1-7H,8,13H2,(H,15,16,17). The number of hydrogen-bond donors (Lipinski definition) is 2. The van der Waals surface area contributed by atoms with Crippen LogP contribution in [-0.2, 0) is 4.79 Å². The van der Waals surface area contributed by atoms with E-state index in [1.54, 1.807) is 24.3 Å². The van der Waals surface area contributed by atoms with Crippen molar-refractivity contribution in [3.05, 3.63) is 42.9 Å². The molecule has 0 aliphatic carbocycles. The monoisotopic (exact) mass is 244 g/mol. The van der Waals surface area contributed by atoms with E-state index >= 15 is 0 Å². The van der Waals surface area contributed by atoms with Crippen molar-refractivity contribution >= 4 is 17.4 Å². The van der Waals surface area contributed by atoms with Crippen LogP contribution < -0.4 is 15.8 Å². The van der Waals surface area contributed by atoms with E-state index in [1.165, 1.54) is 18.6 Å². The highest BCUT2D eigenvalue weighted by Gasteiger charge is 2.05. The fourth-order valence-corrected chi connectivity index (χ4v) is 1.30. The Bertz CT molecular complexity index is 531. The molecule has 2 aromatic rings. The van der Waals surface area contributed by atoms with Crippen molar-refractivity contribution in [3.63, 3.8) is 0 Å². The number of amides is 1. The molecule has 6 nitrogen and oxygen atoms in total. The molecule has 1 aromatic carbocycles. The van der Waals surface area contributed by atoms with Gasteiger partial charge in [-0.2, -0.15) is 0 Å². The molecular weight excluding hydrogens is 232 g/mol. The SMILES string of the molecule is Nc1ccccc1OCC(=O)Nc1cnccn1. The fourth-order valence-electron chi connectivity index (χ4n) is 1.30. The summed E-state index contributed by atoms with van der Waals surface area (Å²) in [6.07, 6.45) is 4.47. The van der Waals surface area contributed by atoms with Crippen LogP contribution in [-0.4, -0.2) is 22.5 Å². The number of nitrogens with zero attached hydrogens (tertiary/aromatic N) is 2. The van der Waals surface area contributed by atoms with Crippen molar-refractivity contribution in [2.75, 3.05) is 17.7 Å². The van der Waals surface area contributed by atoms with Gasteiger partial charge in [0.25, 0.3) is 5.91 Å². The van der Waals surface area contributed by atoms with E-state index in [4.69, 9.17) is 10.5 Å². The van der Waals surface area contributed by atoms with Gasteiger partial charge >= 0.3 is 0 Å². The second-order valence-electron chi connectivity index (χ2n) is 3.47. The number of carbonyl (C=O) groups excluding carboxylic acids is 1. The van der Waals surface area contributed by atoms with Crippen molar-refractivity contribution in [1.82, 2.24) is 9.97 Å². The quantitative estimate of drug-likeness (QED) is 0.785. The van der Waals surface area contributed by atoms with E-state index in [0.717, 1.165) is 0 Å². The zero-order valence-corrected chi connectivity index (χ0v) is 9.54. The Morgan fingerprint density at radius 3 is 2.89 bits per heavy atom. The Labute approximate surface area is 104 Å². The fraction of sp³-hybridized carbons (Fsp3) is 0.0833. The number of hydrogen-bond acceptors (Lipinski definition) is 5. The summed E-state index contributed by atoms with van der Waals surface area (Å²) in [7, 11) is 0. The summed E-state index contributed by atoms with van der Waals surface area (Å²) in [5.41, 5.74) is 6.17. The molecule has 2 rings (SSSR count). The van der Waals surface area contributed by atoms with Gasteiger partial charge in [-0.15, -0.1) is 0 Å². The summed E-state index contributed by atoms with van der Waals surface area (Å²) in [6.45, 7) is -0.134. The molecular formula is C12H12N4O2. The minimum atomic E-state index is -0.321. The van der Waals surface area contributed by atoms with Gasteiger partial charge in [0.2, 0.25) is 0 Å². The second-order valence-corrected chi connectivity index (χ2v) is 3.47. The molecule has 0 bridgehead atoms. The van der Waals surface area contributed by atoms with E-state index in [0.29, 0.717) is 17.3 Å². The first-order valence-corrected chi connectivity index (χ1v) is 5.29. The van der Waals surface area contributed by atoms with Gasteiger partial charge in [0.1, 0.15) is 5.75 Å². The Morgan fingerprint density at radius 2 is 2.17 bits per heavy atom. The molecule has 1 amide bonds. The van der Waals surface area contributed by atoms with E-state index < -0.39 is 0 Å². The van der Waals surface area contributed by atoms with Gasteiger partial charge in [-0.25, -0.2) is 4.98 Å². The topological polar surface area (TPSA) is 90.1 Å². The summed E-state index contributed by atoms with van der Waals surface area (Å²) >= 11 is 0. The minimum absolute atomic E-state index is 0.134. The molecule has 0 aliphatic heterocycles. The molecule has 3 N–H and O–H groups in total. The molecule has 1 aromatic heterocycles. The molecule has 0 unspecified atom stereocenters. The highest BCUT2D eigenvalue weighted by Crippen LogP contribution is 2.19. The van der Waals surface area contributed by atoms with E-state index in [9.17, 15) is 4.79 Å². The zero-order chi connectivity index (χ0) is 12.8. The number of ether oxygens (including phenoxy) is 1. The molecule has 0 saturated carbocycles. The summed E-state index contributed by atoms with van der Waals surface area (Å²) < 4.78 is 5.29. The van der Waals surface area contributed by atoms with Crippen LogP contribution in [0.4, 0.5) is 11.5 Å². The summed E-state index contributed by atoms with van der Waals surface area (Å²) in [4.78, 5) is 19.3. The molecule has 92 valence electrons. The maximum absolute atomic E-state index is 11.6. The first kappa shape index (κ1) is 11.8. The average molecular weight is 244 g/mol. The molecule has 0 saturated heterocycles. The number of anilines is 2. The van der Waals surface area contributed by atoms with Gasteiger partial charge in [-0.05, 0) is 12.1 Å². The number of carbonyl (C=O) groups is 1. The van der Waals surface area contributed by atoms with Crippen molar-refractivity contribution in [2.24, 2.45) is 0 Å². The van der Waals surface area contributed by atoms with Gasteiger partial charge in [-0.1, -0.05) is 12.1 Å². The smallest absolute Gasteiger partial charge is 0.263 e. The van der Waals surface area contributed by atoms with Gasteiger partial charge < -0.3 is 15.8 Å². The predicted octanol–water partition coefficient (Wildman–Crippen LogP) is 1.08. The lowest BCUT2D eigenvalue weighted by Gasteiger charge is -2.08. The van der Waals surface area contributed by atoms with Crippen LogP contribution in [0.15, 0.2) is 42.9 Å². The molecule has 0 fully saturated rings. The Balaban J connectivity index is 1.88. The van der Waals surface area contributed by atoms with Crippen LogP contribution in [0.5, 0.6) is 5.75 Å². The maximum Gasteiger partial charge on any atom is 0.263 e. The van der Waals surface area contributed by atoms with Crippen LogP contribution in [0.3, 0.4) is 0 Å². The lowest BCUT2D eigenvalue weighted by molar-refractivity contribution is -0.118. The molecule has 0 aliphatic rings. The average Bonchev–Trinajstić information content (AvgIpc) is 2.39. The number of aromatic nitrogens is 2. The van der Waals surface area contributed by atoms with Crippen molar-refractivity contribution in [2.45, 2.75) is 0 Å². The van der Waals surface area contributed by atoms with Crippen molar-refractivity contribution < 1.29 is 9.53 Å². The largest absolute Gasteiger partial charge is 0.482 e. The van der Waals surface area contributed by atoms with E-state index in [1.807, 2.05) is 0 Å². The first-order valence-electron chi connectivity index (χ1n) is 5.29. The third kappa shape index (κ3) is 3.18. The summed E-state index contributed by atoms with van der Waals surface area (Å²) in [5.74, 6) is 0.540. The molecule has 1 heterocycles. The van der Waals surface area contributed by atoms with Gasteiger partial charge in [0.05, 0.1) is 11.9 Å². The Hall–Kier alpha value is -2.63. The number of nitrogens with one attached hydrogen (secondary N) is 1. The number of nitrogen functional groups attached to an aromatic ring is 1. The van der Waals surface area contributed by atoms with Gasteiger partial charge in [0, 0.05) is 12.4 Å². The molecule has 0 radical (unpaired) electrons. The number of para-hydroxylation sites is 2. The number of benzene rings is 1. The van der Waals surface area contributed by atoms with Crippen molar-refractivity contribution in [1.29, 1.82) is 0 Å². The summed E-state index contributed by atoms with van der Waals surface area (Å²) in [5, 5.41) is 2.55. The maximum atomic E-state index is 11.6. The molecule has 6 heteroatoms. The first-order chi connectivity index (χ1) is 8.75. The van der Waals surface area contributed by atoms with Crippen LogP contribution in [0.25, 0.3) is 0 Å². The predicted molar refractivity (Wildman–Crippen MR) is 67.0 cm³/mol. The Kier molecular flexibility index (Phi) is 3.70. The molecule has 0 atom stereocenters. The van der Waals surface area contributed by atoms with Crippen molar-refractivity contribution in [3.8, 4) is 5.75 Å². The second kappa shape index (κ2) is 5.62. The van der Waals surface area contributed by atoms with Crippen LogP contribution >= 0.6 is 0 Å². The highest BCUT2D eigenvalue weighted by molar-refractivity contribution is 5.90. The van der Waals surface area contributed by atoms with E-state index in [2.05, 4.69) is 15.3 Å². The van der Waals surface area contributed by atoms with Crippen LogP contribution in [0.1, 0.15) is 0 Å².